The lowest BCUT2D eigenvalue weighted by molar-refractivity contribution is 0.426. The quantitative estimate of drug-likeness (QED) is 0.610. The Kier molecular flexibility index (Phi) is 3.87. The topological polar surface area (TPSA) is 53.6 Å². The van der Waals surface area contributed by atoms with Crippen LogP contribution >= 0.6 is 0 Å². The summed E-state index contributed by atoms with van der Waals surface area (Å²) < 4.78 is 5.69. The van der Waals surface area contributed by atoms with Gasteiger partial charge in [0.1, 0.15) is 11.3 Å². The fourth-order valence-corrected chi connectivity index (χ4v) is 1.95. The predicted molar refractivity (Wildman–Crippen MR) is 69.3 cm³/mol. The lowest BCUT2D eigenvalue weighted by Gasteiger charge is -1.97. The van der Waals surface area contributed by atoms with Crippen LogP contribution in [0.1, 0.15) is 31.9 Å². The second-order valence-corrected chi connectivity index (χ2v) is 4.34. The molecule has 90 valence electrons. The Balaban J connectivity index is 2.18. The molecule has 0 radical (unpaired) electrons. The zero-order valence-electron chi connectivity index (χ0n) is 10.0. The Bertz CT molecular complexity index is 490. The van der Waals surface area contributed by atoms with Crippen LogP contribution in [0.5, 0.6) is 0 Å². The third-order valence-electron chi connectivity index (χ3n) is 2.92. The highest BCUT2D eigenvalue weighted by Gasteiger charge is 2.12. The van der Waals surface area contributed by atoms with E-state index < -0.39 is 7.12 Å². The molecule has 0 saturated heterocycles. The summed E-state index contributed by atoms with van der Waals surface area (Å²) in [6.45, 7) is 2.17. The molecule has 4 heteroatoms. The van der Waals surface area contributed by atoms with E-state index in [9.17, 15) is 0 Å². The molecular formula is C13H17BO3. The first-order chi connectivity index (χ1) is 8.20. The van der Waals surface area contributed by atoms with Crippen molar-refractivity contribution in [3.05, 3.63) is 30.0 Å². The molecule has 2 aromatic rings. The number of hydrogen-bond donors (Lipinski definition) is 2. The molecule has 1 aromatic carbocycles. The second kappa shape index (κ2) is 5.38. The van der Waals surface area contributed by atoms with Crippen molar-refractivity contribution in [2.75, 3.05) is 0 Å². The van der Waals surface area contributed by atoms with Crippen molar-refractivity contribution in [3.8, 4) is 0 Å². The average molecular weight is 232 g/mol. The van der Waals surface area contributed by atoms with Gasteiger partial charge in [0, 0.05) is 11.8 Å². The Hall–Kier alpha value is -1.26. The standard InChI is InChI=1S/C13H17BO3/c1-2-3-4-5-12-9-10-8-11(14(15)16)6-7-13(10)17-12/h6-9,15-16H,2-5H2,1H3. The fraction of sp³-hybridized carbons (Fsp3) is 0.385. The van der Waals surface area contributed by atoms with Crippen LogP contribution in [0, 0.1) is 0 Å². The number of aryl methyl sites for hydroxylation is 1. The lowest BCUT2D eigenvalue weighted by atomic mass is 9.80. The molecule has 0 aliphatic carbocycles. The molecule has 0 unspecified atom stereocenters. The smallest absolute Gasteiger partial charge is 0.461 e. The minimum atomic E-state index is -1.42. The van der Waals surface area contributed by atoms with E-state index in [0.717, 1.165) is 29.6 Å². The highest BCUT2D eigenvalue weighted by Crippen LogP contribution is 2.19. The van der Waals surface area contributed by atoms with Gasteiger partial charge >= 0.3 is 7.12 Å². The van der Waals surface area contributed by atoms with Crippen LogP contribution in [-0.2, 0) is 6.42 Å². The Morgan fingerprint density at radius 2 is 2.00 bits per heavy atom. The van der Waals surface area contributed by atoms with Crippen molar-refractivity contribution in [2.45, 2.75) is 32.6 Å². The van der Waals surface area contributed by atoms with Gasteiger partial charge in [-0.2, -0.15) is 0 Å². The normalized spacial score (nSPS) is 11.0. The van der Waals surface area contributed by atoms with Crippen LogP contribution in [0.15, 0.2) is 28.7 Å². The van der Waals surface area contributed by atoms with Gasteiger partial charge in [0.25, 0.3) is 0 Å². The summed E-state index contributed by atoms with van der Waals surface area (Å²) in [5, 5.41) is 19.1. The third-order valence-corrected chi connectivity index (χ3v) is 2.92. The van der Waals surface area contributed by atoms with E-state index in [1.54, 1.807) is 18.2 Å². The molecule has 3 nitrogen and oxygen atoms in total. The Morgan fingerprint density at radius 3 is 2.71 bits per heavy atom. The summed E-state index contributed by atoms with van der Waals surface area (Å²) in [5.41, 5.74) is 1.30. The number of fused-ring (bicyclic) bond motifs is 1. The number of benzene rings is 1. The van der Waals surface area contributed by atoms with E-state index in [4.69, 9.17) is 14.5 Å². The molecule has 1 heterocycles. The van der Waals surface area contributed by atoms with Crippen molar-refractivity contribution in [1.82, 2.24) is 0 Å². The summed E-state index contributed by atoms with van der Waals surface area (Å²) in [4.78, 5) is 0. The zero-order chi connectivity index (χ0) is 12.3. The first-order valence-corrected chi connectivity index (χ1v) is 6.09. The molecule has 0 fully saturated rings. The summed E-state index contributed by atoms with van der Waals surface area (Å²) in [5.74, 6) is 0.970. The molecule has 2 rings (SSSR count). The van der Waals surface area contributed by atoms with Gasteiger partial charge in [-0.1, -0.05) is 31.9 Å². The molecule has 0 saturated carbocycles. The maximum Gasteiger partial charge on any atom is 0.488 e. The summed E-state index contributed by atoms with van der Waals surface area (Å²) in [7, 11) is -1.42. The summed E-state index contributed by atoms with van der Waals surface area (Å²) >= 11 is 0. The van der Waals surface area contributed by atoms with Crippen LogP contribution < -0.4 is 5.46 Å². The van der Waals surface area contributed by atoms with Crippen molar-refractivity contribution in [1.29, 1.82) is 0 Å². The maximum atomic E-state index is 9.09. The van der Waals surface area contributed by atoms with E-state index in [-0.39, 0.29) is 0 Å². The SMILES string of the molecule is CCCCCc1cc2cc(B(O)O)ccc2o1. The number of rotatable bonds is 5. The number of hydrogen-bond acceptors (Lipinski definition) is 3. The van der Waals surface area contributed by atoms with Gasteiger partial charge < -0.3 is 14.5 Å². The monoisotopic (exact) mass is 232 g/mol. The van der Waals surface area contributed by atoms with Crippen LogP contribution in [0.4, 0.5) is 0 Å². The number of unbranched alkanes of at least 4 members (excludes halogenated alkanes) is 2. The molecule has 0 aliphatic rings. The second-order valence-electron chi connectivity index (χ2n) is 4.34. The number of furan rings is 1. The largest absolute Gasteiger partial charge is 0.488 e. The van der Waals surface area contributed by atoms with Crippen LogP contribution in [0.25, 0.3) is 11.0 Å². The average Bonchev–Trinajstić information content (AvgIpc) is 2.70. The Labute approximate surface area is 101 Å². The molecule has 0 aliphatic heterocycles. The van der Waals surface area contributed by atoms with E-state index >= 15 is 0 Å². The predicted octanol–water partition coefficient (Wildman–Crippen LogP) is 1.85. The van der Waals surface area contributed by atoms with Crippen molar-refractivity contribution < 1.29 is 14.5 Å². The highest BCUT2D eigenvalue weighted by atomic mass is 16.4. The van der Waals surface area contributed by atoms with E-state index in [1.165, 1.54) is 12.8 Å². The van der Waals surface area contributed by atoms with E-state index in [2.05, 4.69) is 6.92 Å². The van der Waals surface area contributed by atoms with Crippen LogP contribution in [-0.4, -0.2) is 17.2 Å². The molecule has 0 amide bonds. The highest BCUT2D eigenvalue weighted by molar-refractivity contribution is 6.58. The van der Waals surface area contributed by atoms with Crippen molar-refractivity contribution >= 4 is 23.6 Å². The molecule has 0 spiro atoms. The molecule has 0 atom stereocenters. The molecule has 17 heavy (non-hydrogen) atoms. The minimum absolute atomic E-state index is 0.499. The molecular weight excluding hydrogens is 215 g/mol. The van der Waals surface area contributed by atoms with Gasteiger partial charge in [0.2, 0.25) is 0 Å². The minimum Gasteiger partial charge on any atom is -0.461 e. The fourth-order valence-electron chi connectivity index (χ4n) is 1.95. The van der Waals surface area contributed by atoms with Crippen LogP contribution in [0.2, 0.25) is 0 Å². The molecule has 0 bridgehead atoms. The van der Waals surface area contributed by atoms with Crippen molar-refractivity contribution in [3.63, 3.8) is 0 Å². The van der Waals surface area contributed by atoms with Gasteiger partial charge in [0.15, 0.2) is 0 Å². The first kappa shape index (κ1) is 12.2. The molecule has 1 aromatic heterocycles. The third kappa shape index (κ3) is 2.90. The van der Waals surface area contributed by atoms with Crippen molar-refractivity contribution in [2.24, 2.45) is 0 Å². The van der Waals surface area contributed by atoms with Gasteiger partial charge in [-0.15, -0.1) is 0 Å². The first-order valence-electron chi connectivity index (χ1n) is 6.09. The zero-order valence-corrected chi connectivity index (χ0v) is 10.0. The van der Waals surface area contributed by atoms with E-state index in [0.29, 0.717) is 5.46 Å². The van der Waals surface area contributed by atoms with Gasteiger partial charge in [0.05, 0.1) is 0 Å². The van der Waals surface area contributed by atoms with Gasteiger partial charge in [-0.3, -0.25) is 0 Å². The summed E-state index contributed by atoms with van der Waals surface area (Å²) in [6.07, 6.45) is 4.48. The van der Waals surface area contributed by atoms with E-state index in [1.807, 2.05) is 6.07 Å². The van der Waals surface area contributed by atoms with Gasteiger partial charge in [-0.25, -0.2) is 0 Å². The maximum absolute atomic E-state index is 9.09. The van der Waals surface area contributed by atoms with Gasteiger partial charge in [-0.05, 0) is 24.0 Å². The Morgan fingerprint density at radius 1 is 1.18 bits per heavy atom. The van der Waals surface area contributed by atoms with Crippen LogP contribution in [0.3, 0.4) is 0 Å². The molecule has 2 N–H and O–H groups in total. The lowest BCUT2D eigenvalue weighted by Crippen LogP contribution is -2.29. The summed E-state index contributed by atoms with van der Waals surface area (Å²) in [6, 6.07) is 7.20.